The van der Waals surface area contributed by atoms with Crippen molar-refractivity contribution in [3.8, 4) is 0 Å². The first-order valence-electron chi connectivity index (χ1n) is 5.03. The number of rotatable bonds is 6. The minimum Gasteiger partial charge on any atom is -0.385 e. The van der Waals surface area contributed by atoms with Gasteiger partial charge in [0.15, 0.2) is 0 Å². The van der Waals surface area contributed by atoms with Crippen molar-refractivity contribution in [1.82, 2.24) is 5.32 Å². The van der Waals surface area contributed by atoms with Gasteiger partial charge in [0, 0.05) is 12.2 Å². The second-order valence-electron chi connectivity index (χ2n) is 4.65. The smallest absolute Gasteiger partial charge is 0.0261 e. The Kier molecular flexibility index (Phi) is 6.49. The van der Waals surface area contributed by atoms with E-state index in [0.29, 0.717) is 11.3 Å². The standard InChI is InChI=1S/C12H22IN/c1-6-10(2)14-9-11(7-8-13)12(3,4)5/h6,11,14H,1-2,7-9H2,3-5H3. The maximum atomic E-state index is 3.86. The molecular formula is C12H22IN. The molecule has 0 spiro atoms. The number of nitrogens with one attached hydrogen (secondary N) is 1. The largest absolute Gasteiger partial charge is 0.385 e. The molecule has 0 aliphatic heterocycles. The Morgan fingerprint density at radius 3 is 2.43 bits per heavy atom. The fraction of sp³-hybridized carbons (Fsp3) is 0.667. The third-order valence-corrected chi connectivity index (χ3v) is 3.13. The van der Waals surface area contributed by atoms with Crippen molar-refractivity contribution in [3.05, 3.63) is 24.9 Å². The molecule has 0 fully saturated rings. The molecule has 0 saturated carbocycles. The maximum absolute atomic E-state index is 3.86. The number of halogens is 1. The second kappa shape index (κ2) is 6.49. The van der Waals surface area contributed by atoms with E-state index in [4.69, 9.17) is 0 Å². The summed E-state index contributed by atoms with van der Waals surface area (Å²) in [7, 11) is 0. The van der Waals surface area contributed by atoms with Crippen LogP contribution in [-0.2, 0) is 0 Å². The van der Waals surface area contributed by atoms with Crippen molar-refractivity contribution in [3.63, 3.8) is 0 Å². The van der Waals surface area contributed by atoms with Gasteiger partial charge in [0.05, 0.1) is 0 Å². The predicted molar refractivity (Wildman–Crippen MR) is 73.8 cm³/mol. The normalized spacial score (nSPS) is 13.4. The molecule has 0 radical (unpaired) electrons. The van der Waals surface area contributed by atoms with Crippen molar-refractivity contribution < 1.29 is 0 Å². The van der Waals surface area contributed by atoms with Gasteiger partial charge < -0.3 is 5.32 Å². The van der Waals surface area contributed by atoms with Gasteiger partial charge in [-0.25, -0.2) is 0 Å². The van der Waals surface area contributed by atoms with Gasteiger partial charge in [-0.2, -0.15) is 0 Å². The minimum absolute atomic E-state index is 0.361. The Hall–Kier alpha value is 0.0100. The van der Waals surface area contributed by atoms with Crippen LogP contribution < -0.4 is 5.32 Å². The molecule has 0 rings (SSSR count). The third-order valence-electron chi connectivity index (χ3n) is 2.50. The average molecular weight is 307 g/mol. The van der Waals surface area contributed by atoms with Gasteiger partial charge in [0.1, 0.15) is 0 Å². The molecule has 0 aliphatic carbocycles. The Bertz CT molecular complexity index is 191. The van der Waals surface area contributed by atoms with Gasteiger partial charge in [0.25, 0.3) is 0 Å². The van der Waals surface area contributed by atoms with Crippen molar-refractivity contribution >= 4 is 22.6 Å². The molecule has 1 N–H and O–H groups in total. The fourth-order valence-electron chi connectivity index (χ4n) is 1.30. The van der Waals surface area contributed by atoms with Gasteiger partial charge in [-0.3, -0.25) is 0 Å². The van der Waals surface area contributed by atoms with Crippen LogP contribution in [0.1, 0.15) is 27.2 Å². The molecule has 1 unspecified atom stereocenters. The van der Waals surface area contributed by atoms with Crippen LogP contribution in [0.5, 0.6) is 0 Å². The first kappa shape index (κ1) is 14.0. The lowest BCUT2D eigenvalue weighted by atomic mass is 9.79. The molecule has 14 heavy (non-hydrogen) atoms. The molecule has 0 aromatic heterocycles. The van der Waals surface area contributed by atoms with Crippen LogP contribution in [0.15, 0.2) is 24.9 Å². The summed E-state index contributed by atoms with van der Waals surface area (Å²) in [6, 6.07) is 0. The first-order valence-corrected chi connectivity index (χ1v) is 6.55. The van der Waals surface area contributed by atoms with Crippen LogP contribution in [0.4, 0.5) is 0 Å². The monoisotopic (exact) mass is 307 g/mol. The summed E-state index contributed by atoms with van der Waals surface area (Å²) in [5, 5.41) is 3.31. The highest BCUT2D eigenvalue weighted by atomic mass is 127. The summed E-state index contributed by atoms with van der Waals surface area (Å²) in [5.41, 5.74) is 1.28. The summed E-state index contributed by atoms with van der Waals surface area (Å²) in [4.78, 5) is 0. The second-order valence-corrected chi connectivity index (χ2v) is 5.73. The number of hydrogen-bond acceptors (Lipinski definition) is 1. The van der Waals surface area contributed by atoms with Gasteiger partial charge in [-0.05, 0) is 28.3 Å². The zero-order valence-corrected chi connectivity index (χ0v) is 11.7. The summed E-state index contributed by atoms with van der Waals surface area (Å²) < 4.78 is 1.21. The molecule has 1 nitrogen and oxygen atoms in total. The molecule has 0 bridgehead atoms. The number of allylic oxidation sites excluding steroid dienone is 1. The molecule has 0 aromatic carbocycles. The van der Waals surface area contributed by atoms with Crippen LogP contribution in [0.25, 0.3) is 0 Å². The lowest BCUT2D eigenvalue weighted by Gasteiger charge is -2.30. The Morgan fingerprint density at radius 2 is 2.07 bits per heavy atom. The van der Waals surface area contributed by atoms with E-state index in [0.717, 1.165) is 12.2 Å². The van der Waals surface area contributed by atoms with E-state index in [-0.39, 0.29) is 0 Å². The predicted octanol–water partition coefficient (Wildman–Crippen LogP) is 3.76. The minimum atomic E-state index is 0.361. The highest BCUT2D eigenvalue weighted by molar-refractivity contribution is 14.1. The van der Waals surface area contributed by atoms with Crippen molar-refractivity contribution in [1.29, 1.82) is 0 Å². The van der Waals surface area contributed by atoms with E-state index < -0.39 is 0 Å². The molecule has 1 atom stereocenters. The molecular weight excluding hydrogens is 285 g/mol. The Morgan fingerprint density at radius 1 is 1.50 bits per heavy atom. The third kappa shape index (κ3) is 5.68. The molecule has 0 aromatic rings. The van der Waals surface area contributed by atoms with E-state index in [2.05, 4.69) is 61.8 Å². The van der Waals surface area contributed by atoms with Crippen molar-refractivity contribution in [2.24, 2.45) is 11.3 Å². The number of hydrogen-bond donors (Lipinski definition) is 1. The lowest BCUT2D eigenvalue weighted by Crippen LogP contribution is -2.31. The zero-order valence-electron chi connectivity index (χ0n) is 9.57. The molecule has 0 aliphatic rings. The molecule has 2 heteroatoms. The summed E-state index contributed by atoms with van der Waals surface area (Å²) in [5.74, 6) is 0.691. The van der Waals surface area contributed by atoms with Crippen LogP contribution in [0, 0.1) is 11.3 Å². The Labute approximate surface area is 102 Å². The van der Waals surface area contributed by atoms with Crippen LogP contribution in [-0.4, -0.2) is 11.0 Å². The van der Waals surface area contributed by atoms with Gasteiger partial charge >= 0.3 is 0 Å². The fourth-order valence-corrected chi connectivity index (χ4v) is 2.05. The van der Waals surface area contributed by atoms with E-state index in [1.165, 1.54) is 10.8 Å². The van der Waals surface area contributed by atoms with Crippen LogP contribution >= 0.6 is 22.6 Å². The van der Waals surface area contributed by atoms with Gasteiger partial charge in [-0.15, -0.1) is 0 Å². The van der Waals surface area contributed by atoms with E-state index in [1.54, 1.807) is 6.08 Å². The summed E-state index contributed by atoms with van der Waals surface area (Å²) >= 11 is 2.44. The van der Waals surface area contributed by atoms with Crippen LogP contribution in [0.3, 0.4) is 0 Å². The van der Waals surface area contributed by atoms with E-state index >= 15 is 0 Å². The molecule has 0 heterocycles. The SMILES string of the molecule is C=CC(=C)NCC(CCI)C(C)(C)C. The number of alkyl halides is 1. The molecule has 82 valence electrons. The topological polar surface area (TPSA) is 12.0 Å². The van der Waals surface area contributed by atoms with Gasteiger partial charge in [-0.1, -0.05) is 56.5 Å². The van der Waals surface area contributed by atoms with Gasteiger partial charge in [0.2, 0.25) is 0 Å². The summed E-state index contributed by atoms with van der Waals surface area (Å²) in [6.45, 7) is 15.4. The highest BCUT2D eigenvalue weighted by Gasteiger charge is 2.23. The lowest BCUT2D eigenvalue weighted by molar-refractivity contribution is 0.233. The first-order chi connectivity index (χ1) is 6.41. The Balaban J connectivity index is 4.10. The average Bonchev–Trinajstić information content (AvgIpc) is 2.09. The summed E-state index contributed by atoms with van der Waals surface area (Å²) in [6.07, 6.45) is 3.02. The molecule has 0 saturated heterocycles. The zero-order chi connectivity index (χ0) is 11.2. The van der Waals surface area contributed by atoms with Crippen LogP contribution in [0.2, 0.25) is 0 Å². The maximum Gasteiger partial charge on any atom is 0.0261 e. The highest BCUT2D eigenvalue weighted by Crippen LogP contribution is 2.28. The van der Waals surface area contributed by atoms with Crippen molar-refractivity contribution in [2.75, 3.05) is 11.0 Å². The van der Waals surface area contributed by atoms with E-state index in [9.17, 15) is 0 Å². The van der Waals surface area contributed by atoms with E-state index in [1.807, 2.05) is 0 Å². The van der Waals surface area contributed by atoms with Crippen molar-refractivity contribution in [2.45, 2.75) is 27.2 Å². The molecule has 0 amide bonds. The quantitative estimate of drug-likeness (QED) is 0.447.